The topological polar surface area (TPSA) is 105 Å². The van der Waals surface area contributed by atoms with Gasteiger partial charge in [0.15, 0.2) is 0 Å². The molecule has 0 aliphatic heterocycles. The van der Waals surface area contributed by atoms with Crippen molar-refractivity contribution in [1.29, 1.82) is 0 Å². The monoisotopic (exact) mass is 640 g/mol. The van der Waals surface area contributed by atoms with E-state index < -0.39 is 23.9 Å². The number of esters is 4. The van der Waals surface area contributed by atoms with E-state index in [0.717, 1.165) is 38.5 Å². The minimum absolute atomic E-state index is 0.257. The number of benzene rings is 2. The Kier molecular flexibility index (Phi) is 23.3. The summed E-state index contributed by atoms with van der Waals surface area (Å²) in [6.45, 7) is 9.69. The van der Waals surface area contributed by atoms with Gasteiger partial charge in [0.1, 0.15) is 0 Å². The molecule has 2 aromatic rings. The maximum absolute atomic E-state index is 12.4. The average Bonchev–Trinajstić information content (AvgIpc) is 3.08. The zero-order valence-electron chi connectivity index (χ0n) is 28.6. The number of carbonyl (C=O) groups is 4. The van der Waals surface area contributed by atoms with Crippen LogP contribution in [0.15, 0.2) is 48.5 Å². The number of ether oxygens (including phenoxy) is 4. The summed E-state index contributed by atoms with van der Waals surface area (Å²) in [6.07, 6.45) is 15.1. The summed E-state index contributed by atoms with van der Waals surface area (Å²) in [5.41, 5.74) is 1.10. The van der Waals surface area contributed by atoms with E-state index in [-0.39, 0.29) is 11.1 Å². The van der Waals surface area contributed by atoms with Gasteiger partial charge < -0.3 is 18.9 Å². The van der Waals surface area contributed by atoms with Gasteiger partial charge in [0, 0.05) is 0 Å². The third kappa shape index (κ3) is 17.1. The van der Waals surface area contributed by atoms with Gasteiger partial charge in [0.2, 0.25) is 0 Å². The van der Waals surface area contributed by atoms with Crippen molar-refractivity contribution in [3.8, 4) is 0 Å². The molecule has 0 fully saturated rings. The molecule has 0 aromatic heterocycles. The Morgan fingerprint density at radius 3 is 0.913 bits per heavy atom. The lowest BCUT2D eigenvalue weighted by atomic mass is 10.1. The molecular weight excluding hydrogens is 584 g/mol. The first-order chi connectivity index (χ1) is 22.4. The quantitative estimate of drug-likeness (QED) is 0.0712. The van der Waals surface area contributed by atoms with Crippen LogP contribution in [0.5, 0.6) is 0 Å². The van der Waals surface area contributed by atoms with Crippen molar-refractivity contribution in [3.63, 3.8) is 0 Å². The molecule has 46 heavy (non-hydrogen) atoms. The Morgan fingerprint density at radius 2 is 0.630 bits per heavy atom. The molecule has 0 aliphatic rings. The Hall–Kier alpha value is -3.68. The van der Waals surface area contributed by atoms with E-state index in [1.165, 1.54) is 51.4 Å². The normalized spacial score (nSPS) is 10.3. The Bertz CT molecular complexity index is 1060. The van der Waals surface area contributed by atoms with E-state index in [1.54, 1.807) is 48.5 Å². The maximum atomic E-state index is 12.4. The van der Waals surface area contributed by atoms with Gasteiger partial charge in [0.25, 0.3) is 0 Å². The predicted molar refractivity (Wildman–Crippen MR) is 181 cm³/mol. The first kappa shape index (κ1) is 40.3. The first-order valence-electron chi connectivity index (χ1n) is 17.3. The van der Waals surface area contributed by atoms with Gasteiger partial charge in [-0.2, -0.15) is 0 Å². The first-order valence-corrected chi connectivity index (χ1v) is 17.3. The average molecular weight is 641 g/mol. The third-order valence-electron chi connectivity index (χ3n) is 7.07. The fourth-order valence-corrected chi connectivity index (χ4v) is 4.47. The fraction of sp³-hybridized carbons (Fsp3) is 0.579. The summed E-state index contributed by atoms with van der Waals surface area (Å²) in [5, 5.41) is 0. The van der Waals surface area contributed by atoms with Crippen molar-refractivity contribution in [3.05, 3.63) is 70.8 Å². The second-order valence-electron chi connectivity index (χ2n) is 11.2. The highest BCUT2D eigenvalue weighted by atomic mass is 16.5. The number of unbranched alkanes of at least 4 members (excludes halogenated alkanes) is 10. The van der Waals surface area contributed by atoms with Crippen LogP contribution in [0.25, 0.3) is 0 Å². The molecule has 0 aliphatic carbocycles. The van der Waals surface area contributed by atoms with Crippen molar-refractivity contribution in [2.75, 3.05) is 26.4 Å². The fourth-order valence-electron chi connectivity index (χ4n) is 4.47. The highest BCUT2D eigenvalue weighted by Crippen LogP contribution is 2.15. The number of hydrogen-bond donors (Lipinski definition) is 0. The van der Waals surface area contributed by atoms with Crippen molar-refractivity contribution in [1.82, 2.24) is 0 Å². The molecule has 0 saturated heterocycles. The zero-order chi connectivity index (χ0) is 33.8. The van der Waals surface area contributed by atoms with Crippen LogP contribution in [0, 0.1) is 0 Å². The van der Waals surface area contributed by atoms with Crippen LogP contribution >= 0.6 is 0 Å². The van der Waals surface area contributed by atoms with Crippen LogP contribution in [-0.2, 0) is 18.9 Å². The predicted octanol–water partition coefficient (Wildman–Crippen LogP) is 9.54. The highest BCUT2D eigenvalue weighted by Gasteiger charge is 2.19. The summed E-state index contributed by atoms with van der Waals surface area (Å²) >= 11 is 0. The van der Waals surface area contributed by atoms with Crippen LogP contribution in [0.1, 0.15) is 159 Å². The van der Waals surface area contributed by atoms with Gasteiger partial charge in [-0.15, -0.1) is 0 Å². The molecule has 0 radical (unpaired) electrons. The molecule has 256 valence electrons. The molecule has 0 N–H and O–H groups in total. The SMILES string of the molecule is CCCCCCCCOC(=O)c1ccccc1C(=O)OCCCCCCCC.CCCOC(=O)c1ccccc1C(=O)OCCC. The van der Waals surface area contributed by atoms with E-state index in [9.17, 15) is 19.2 Å². The summed E-state index contributed by atoms with van der Waals surface area (Å²) in [5.74, 6) is -1.86. The van der Waals surface area contributed by atoms with Crippen LogP contribution in [0.3, 0.4) is 0 Å². The molecule has 2 aromatic carbocycles. The lowest BCUT2D eigenvalue weighted by molar-refractivity contribution is 0.0450. The third-order valence-corrected chi connectivity index (χ3v) is 7.07. The lowest BCUT2D eigenvalue weighted by Crippen LogP contribution is -2.15. The largest absolute Gasteiger partial charge is 0.462 e. The molecule has 0 heterocycles. The number of rotatable bonds is 22. The highest BCUT2D eigenvalue weighted by molar-refractivity contribution is 6.03. The maximum Gasteiger partial charge on any atom is 0.339 e. The summed E-state index contributed by atoms with van der Waals surface area (Å²) in [7, 11) is 0. The van der Waals surface area contributed by atoms with Gasteiger partial charge in [-0.1, -0.05) is 116 Å². The van der Waals surface area contributed by atoms with Crippen molar-refractivity contribution >= 4 is 23.9 Å². The van der Waals surface area contributed by atoms with E-state index in [1.807, 2.05) is 13.8 Å². The van der Waals surface area contributed by atoms with Gasteiger partial charge in [-0.3, -0.25) is 0 Å². The summed E-state index contributed by atoms with van der Waals surface area (Å²) in [4.78, 5) is 48.2. The van der Waals surface area contributed by atoms with E-state index in [0.29, 0.717) is 37.6 Å². The van der Waals surface area contributed by atoms with Crippen LogP contribution in [-0.4, -0.2) is 50.3 Å². The number of hydrogen-bond acceptors (Lipinski definition) is 8. The Labute approximate surface area is 276 Å². The van der Waals surface area contributed by atoms with Gasteiger partial charge >= 0.3 is 23.9 Å². The molecule has 0 saturated carbocycles. The zero-order valence-corrected chi connectivity index (χ0v) is 28.6. The van der Waals surface area contributed by atoms with Crippen LogP contribution in [0.2, 0.25) is 0 Å². The molecule has 8 heteroatoms. The summed E-state index contributed by atoms with van der Waals surface area (Å²) < 4.78 is 20.8. The second kappa shape index (κ2) is 26.5. The van der Waals surface area contributed by atoms with E-state index >= 15 is 0 Å². The lowest BCUT2D eigenvalue weighted by Gasteiger charge is -2.10. The van der Waals surface area contributed by atoms with Crippen LogP contribution < -0.4 is 0 Å². The van der Waals surface area contributed by atoms with Crippen molar-refractivity contribution in [2.24, 2.45) is 0 Å². The smallest absolute Gasteiger partial charge is 0.339 e. The standard InChI is InChI=1S/C24H38O4.C14H18O4/c1-3-5-7-9-11-15-19-27-23(25)21-17-13-14-18-22(21)24(26)28-20-16-12-10-8-6-4-2;1-3-9-17-13(15)11-7-5-6-8-12(11)14(16)18-10-4-2/h13-14,17-18H,3-12,15-16,19-20H2,1-2H3;5-8H,3-4,9-10H2,1-2H3. The number of carbonyl (C=O) groups excluding carboxylic acids is 4. The molecule has 0 bridgehead atoms. The molecule has 2 rings (SSSR count). The minimum Gasteiger partial charge on any atom is -0.462 e. The Morgan fingerprint density at radius 1 is 0.370 bits per heavy atom. The molecule has 8 nitrogen and oxygen atoms in total. The molecular formula is C38H56O8. The molecule has 0 amide bonds. The van der Waals surface area contributed by atoms with Gasteiger partial charge in [0.05, 0.1) is 48.7 Å². The summed E-state index contributed by atoms with van der Waals surface area (Å²) in [6, 6.07) is 13.3. The molecule has 0 atom stereocenters. The Balaban J connectivity index is 0.000000506. The van der Waals surface area contributed by atoms with Gasteiger partial charge in [-0.05, 0) is 49.9 Å². The van der Waals surface area contributed by atoms with Crippen molar-refractivity contribution in [2.45, 2.75) is 118 Å². The second-order valence-corrected chi connectivity index (χ2v) is 11.2. The van der Waals surface area contributed by atoms with Gasteiger partial charge in [-0.25, -0.2) is 19.2 Å². The van der Waals surface area contributed by atoms with E-state index in [2.05, 4.69) is 13.8 Å². The molecule has 0 spiro atoms. The van der Waals surface area contributed by atoms with Crippen molar-refractivity contribution < 1.29 is 38.1 Å². The van der Waals surface area contributed by atoms with E-state index in [4.69, 9.17) is 18.9 Å². The minimum atomic E-state index is -0.485. The van der Waals surface area contributed by atoms with Crippen LogP contribution in [0.4, 0.5) is 0 Å². The molecule has 0 unspecified atom stereocenters.